The van der Waals surface area contributed by atoms with Crippen LogP contribution in [0, 0.1) is 0 Å². The summed E-state index contributed by atoms with van der Waals surface area (Å²) in [5.41, 5.74) is 2.27. The van der Waals surface area contributed by atoms with Gasteiger partial charge in [0.2, 0.25) is 0 Å². The minimum Gasteiger partial charge on any atom is -0.376 e. The van der Waals surface area contributed by atoms with Crippen LogP contribution in [-0.4, -0.2) is 35.1 Å². The second-order valence-corrected chi connectivity index (χ2v) is 6.53. The van der Waals surface area contributed by atoms with Gasteiger partial charge in [0.25, 0.3) is 5.91 Å². The number of benzene rings is 1. The maximum Gasteiger partial charge on any atom is 0.275 e. The molecule has 1 amide bonds. The highest BCUT2D eigenvalue weighted by atomic mass is 16.5. The molecule has 6 nitrogen and oxygen atoms in total. The van der Waals surface area contributed by atoms with Gasteiger partial charge in [-0.15, -0.1) is 0 Å². The van der Waals surface area contributed by atoms with E-state index in [9.17, 15) is 4.79 Å². The van der Waals surface area contributed by atoms with Crippen LogP contribution in [-0.2, 0) is 4.74 Å². The lowest BCUT2D eigenvalue weighted by Crippen LogP contribution is -2.19. The van der Waals surface area contributed by atoms with Gasteiger partial charge in [0, 0.05) is 18.8 Å². The van der Waals surface area contributed by atoms with Crippen molar-refractivity contribution in [2.24, 2.45) is 0 Å². The third-order valence-corrected chi connectivity index (χ3v) is 4.25. The number of amides is 1. The summed E-state index contributed by atoms with van der Waals surface area (Å²) < 4.78 is 5.55. The summed E-state index contributed by atoms with van der Waals surface area (Å²) in [5, 5.41) is 6.03. The van der Waals surface area contributed by atoms with Crippen LogP contribution in [0.3, 0.4) is 0 Å². The highest BCUT2D eigenvalue weighted by molar-refractivity contribution is 6.02. The van der Waals surface area contributed by atoms with Crippen molar-refractivity contribution in [3.8, 4) is 0 Å². The van der Waals surface area contributed by atoms with Gasteiger partial charge < -0.3 is 15.4 Å². The smallest absolute Gasteiger partial charge is 0.275 e. The topological polar surface area (TPSA) is 76.1 Å². The van der Waals surface area contributed by atoms with Crippen molar-refractivity contribution in [3.05, 3.63) is 47.9 Å². The van der Waals surface area contributed by atoms with E-state index >= 15 is 0 Å². The number of aromatic nitrogens is 2. The molecule has 2 aromatic rings. The maximum atomic E-state index is 12.3. The first-order chi connectivity index (χ1) is 12.1. The van der Waals surface area contributed by atoms with Crippen molar-refractivity contribution in [1.82, 2.24) is 9.97 Å². The zero-order valence-corrected chi connectivity index (χ0v) is 14.7. The predicted molar refractivity (Wildman–Crippen MR) is 98.0 cm³/mol. The van der Waals surface area contributed by atoms with Gasteiger partial charge in [-0.25, -0.2) is 9.97 Å². The number of nitrogens with zero attached hydrogens (tertiary/aromatic N) is 2. The van der Waals surface area contributed by atoms with E-state index in [4.69, 9.17) is 4.74 Å². The third kappa shape index (κ3) is 4.76. The van der Waals surface area contributed by atoms with Crippen LogP contribution < -0.4 is 10.6 Å². The van der Waals surface area contributed by atoms with E-state index in [0.29, 0.717) is 18.3 Å². The Bertz CT molecular complexity index is 692. The van der Waals surface area contributed by atoms with Crippen LogP contribution in [0.25, 0.3) is 0 Å². The van der Waals surface area contributed by atoms with Crippen LogP contribution in [0.4, 0.5) is 11.5 Å². The third-order valence-electron chi connectivity index (χ3n) is 4.25. The van der Waals surface area contributed by atoms with Gasteiger partial charge in [0.05, 0.1) is 18.5 Å². The molecule has 1 fully saturated rings. The van der Waals surface area contributed by atoms with E-state index in [1.54, 1.807) is 6.20 Å². The molecule has 1 atom stereocenters. The summed E-state index contributed by atoms with van der Waals surface area (Å²) in [6, 6.07) is 7.84. The molecule has 2 heterocycles. The molecule has 0 bridgehead atoms. The summed E-state index contributed by atoms with van der Waals surface area (Å²) in [4.78, 5) is 20.7. The molecule has 0 aliphatic carbocycles. The number of rotatable bonds is 6. The Hall–Kier alpha value is -2.47. The lowest BCUT2D eigenvalue weighted by Gasteiger charge is -2.11. The summed E-state index contributed by atoms with van der Waals surface area (Å²) in [6.45, 7) is 5.81. The zero-order chi connectivity index (χ0) is 17.6. The fraction of sp³-hybridized carbons (Fsp3) is 0.421. The van der Waals surface area contributed by atoms with Crippen LogP contribution in [0.2, 0.25) is 0 Å². The van der Waals surface area contributed by atoms with Crippen LogP contribution in [0.15, 0.2) is 36.7 Å². The van der Waals surface area contributed by atoms with E-state index in [1.165, 1.54) is 11.8 Å². The highest BCUT2D eigenvalue weighted by Crippen LogP contribution is 2.17. The summed E-state index contributed by atoms with van der Waals surface area (Å²) >= 11 is 0. The molecular weight excluding hydrogens is 316 g/mol. The summed E-state index contributed by atoms with van der Waals surface area (Å²) in [6.07, 6.45) is 5.46. The Kier molecular flexibility index (Phi) is 5.60. The quantitative estimate of drug-likeness (QED) is 0.842. The van der Waals surface area contributed by atoms with Gasteiger partial charge in [0.1, 0.15) is 11.5 Å². The molecule has 0 saturated carbocycles. The number of nitrogens with one attached hydrogen (secondary N) is 2. The van der Waals surface area contributed by atoms with Gasteiger partial charge in [-0.3, -0.25) is 4.79 Å². The van der Waals surface area contributed by atoms with E-state index in [-0.39, 0.29) is 17.7 Å². The van der Waals surface area contributed by atoms with E-state index in [2.05, 4.69) is 34.4 Å². The van der Waals surface area contributed by atoms with Crippen LogP contribution in [0.5, 0.6) is 0 Å². The van der Waals surface area contributed by atoms with Crippen molar-refractivity contribution in [2.75, 3.05) is 23.8 Å². The fourth-order valence-electron chi connectivity index (χ4n) is 2.71. The number of hydrogen-bond donors (Lipinski definition) is 2. The Morgan fingerprint density at radius 3 is 2.64 bits per heavy atom. The molecule has 1 aliphatic rings. The number of hydrogen-bond acceptors (Lipinski definition) is 5. The van der Waals surface area contributed by atoms with Crippen molar-refractivity contribution in [3.63, 3.8) is 0 Å². The molecule has 1 saturated heterocycles. The molecule has 25 heavy (non-hydrogen) atoms. The van der Waals surface area contributed by atoms with Crippen molar-refractivity contribution >= 4 is 17.4 Å². The molecular formula is C19H24N4O2. The van der Waals surface area contributed by atoms with E-state index < -0.39 is 0 Å². The average Bonchev–Trinajstić information content (AvgIpc) is 3.14. The molecule has 1 aromatic heterocycles. The summed E-state index contributed by atoms with van der Waals surface area (Å²) in [5.74, 6) is 0.842. The molecule has 6 heteroatoms. The molecule has 3 rings (SSSR count). The maximum absolute atomic E-state index is 12.3. The molecule has 0 spiro atoms. The van der Waals surface area contributed by atoms with Gasteiger partial charge in [-0.1, -0.05) is 26.0 Å². The second-order valence-electron chi connectivity index (χ2n) is 6.53. The van der Waals surface area contributed by atoms with Crippen LogP contribution in [0.1, 0.15) is 48.7 Å². The SMILES string of the molecule is CC(C)c1ccc(NC(=O)c2cnc(NCC3CCCO3)cn2)cc1. The number of ether oxygens (including phenoxy) is 1. The van der Waals surface area contributed by atoms with Gasteiger partial charge in [-0.2, -0.15) is 0 Å². The Morgan fingerprint density at radius 1 is 1.24 bits per heavy atom. The number of carbonyl (C=O) groups is 1. The summed E-state index contributed by atoms with van der Waals surface area (Å²) in [7, 11) is 0. The normalized spacial score (nSPS) is 16.8. The molecule has 132 valence electrons. The first-order valence-electron chi connectivity index (χ1n) is 8.70. The van der Waals surface area contributed by atoms with Crippen LogP contribution >= 0.6 is 0 Å². The lowest BCUT2D eigenvalue weighted by molar-refractivity contribution is 0.102. The Morgan fingerprint density at radius 2 is 2.04 bits per heavy atom. The largest absolute Gasteiger partial charge is 0.376 e. The monoisotopic (exact) mass is 340 g/mol. The zero-order valence-electron chi connectivity index (χ0n) is 14.7. The number of anilines is 2. The molecule has 2 N–H and O–H groups in total. The van der Waals surface area contributed by atoms with Gasteiger partial charge in [0.15, 0.2) is 0 Å². The van der Waals surface area contributed by atoms with Gasteiger partial charge in [-0.05, 0) is 36.5 Å². The minimum atomic E-state index is -0.268. The second kappa shape index (κ2) is 8.07. The van der Waals surface area contributed by atoms with Gasteiger partial charge >= 0.3 is 0 Å². The standard InChI is InChI=1S/C19H24N4O2/c1-13(2)14-5-7-15(8-6-14)23-19(24)17-11-22-18(12-20-17)21-10-16-4-3-9-25-16/h5-8,11-13,16H,3-4,9-10H2,1-2H3,(H,21,22)(H,23,24). The average molecular weight is 340 g/mol. The number of carbonyl (C=O) groups excluding carboxylic acids is 1. The lowest BCUT2D eigenvalue weighted by atomic mass is 10.0. The fourth-order valence-corrected chi connectivity index (χ4v) is 2.71. The first-order valence-corrected chi connectivity index (χ1v) is 8.70. The van der Waals surface area contributed by atoms with E-state index in [0.717, 1.165) is 25.1 Å². The van der Waals surface area contributed by atoms with Crippen molar-refractivity contribution in [1.29, 1.82) is 0 Å². The predicted octanol–water partition coefficient (Wildman–Crippen LogP) is 3.44. The molecule has 1 unspecified atom stereocenters. The van der Waals surface area contributed by atoms with Crippen molar-refractivity contribution < 1.29 is 9.53 Å². The van der Waals surface area contributed by atoms with Crippen molar-refractivity contribution in [2.45, 2.75) is 38.7 Å². The Labute approximate surface area is 148 Å². The highest BCUT2D eigenvalue weighted by Gasteiger charge is 2.15. The Balaban J connectivity index is 1.54. The molecule has 0 radical (unpaired) electrons. The first kappa shape index (κ1) is 17.4. The molecule has 1 aromatic carbocycles. The molecule has 1 aliphatic heterocycles. The minimum absolute atomic E-state index is 0.235. The van der Waals surface area contributed by atoms with E-state index in [1.807, 2.05) is 24.3 Å².